The lowest BCUT2D eigenvalue weighted by molar-refractivity contribution is 0.0519. The molecular formula is C24H29N3O4. The Morgan fingerprint density at radius 2 is 1.90 bits per heavy atom. The van der Waals surface area contributed by atoms with Crippen LogP contribution in [0.4, 0.5) is 10.5 Å². The third-order valence-electron chi connectivity index (χ3n) is 5.27. The highest BCUT2D eigenvalue weighted by atomic mass is 16.5. The van der Waals surface area contributed by atoms with Crippen LogP contribution in [0.1, 0.15) is 51.1 Å². The van der Waals surface area contributed by atoms with E-state index in [1.807, 2.05) is 52.0 Å². The van der Waals surface area contributed by atoms with Crippen molar-refractivity contribution in [2.75, 3.05) is 11.9 Å². The van der Waals surface area contributed by atoms with Crippen LogP contribution in [0.25, 0.3) is 0 Å². The molecule has 2 amide bonds. The molecule has 7 heteroatoms. The SMILES string of the molecule is CCOC(=O)c1[nH]c(C)c(CN(Cc2ccco2)C(=O)Nc2cc(C)ccc2C)c1C. The van der Waals surface area contributed by atoms with Crippen molar-refractivity contribution in [3.05, 3.63) is 76.0 Å². The Balaban J connectivity index is 1.88. The van der Waals surface area contributed by atoms with Crippen molar-refractivity contribution < 1.29 is 18.7 Å². The number of benzene rings is 1. The Hall–Kier alpha value is -3.48. The maximum Gasteiger partial charge on any atom is 0.355 e. The number of hydrogen-bond acceptors (Lipinski definition) is 4. The normalized spacial score (nSPS) is 10.7. The van der Waals surface area contributed by atoms with Gasteiger partial charge in [-0.15, -0.1) is 0 Å². The molecule has 2 aromatic heterocycles. The van der Waals surface area contributed by atoms with Gasteiger partial charge in [-0.3, -0.25) is 0 Å². The van der Waals surface area contributed by atoms with Crippen molar-refractivity contribution in [1.29, 1.82) is 0 Å². The minimum absolute atomic E-state index is 0.247. The van der Waals surface area contributed by atoms with E-state index in [9.17, 15) is 9.59 Å². The highest BCUT2D eigenvalue weighted by molar-refractivity contribution is 5.91. The maximum atomic E-state index is 13.2. The summed E-state index contributed by atoms with van der Waals surface area (Å²) in [5, 5.41) is 3.02. The summed E-state index contributed by atoms with van der Waals surface area (Å²) in [6, 6.07) is 9.32. The molecule has 164 valence electrons. The Kier molecular flexibility index (Phi) is 6.84. The van der Waals surface area contributed by atoms with Gasteiger partial charge in [0.25, 0.3) is 0 Å². The van der Waals surface area contributed by atoms with Gasteiger partial charge in [0, 0.05) is 17.9 Å². The average molecular weight is 424 g/mol. The molecule has 7 nitrogen and oxygen atoms in total. The van der Waals surface area contributed by atoms with Gasteiger partial charge in [-0.05, 0) is 75.1 Å². The lowest BCUT2D eigenvalue weighted by Gasteiger charge is -2.23. The average Bonchev–Trinajstić information content (AvgIpc) is 3.33. The summed E-state index contributed by atoms with van der Waals surface area (Å²) in [7, 11) is 0. The van der Waals surface area contributed by atoms with Crippen LogP contribution >= 0.6 is 0 Å². The lowest BCUT2D eigenvalue weighted by atomic mass is 10.1. The monoisotopic (exact) mass is 423 g/mol. The van der Waals surface area contributed by atoms with Crippen molar-refractivity contribution in [2.24, 2.45) is 0 Å². The summed E-state index contributed by atoms with van der Waals surface area (Å²) < 4.78 is 10.6. The maximum absolute atomic E-state index is 13.2. The molecule has 0 spiro atoms. The molecule has 0 aliphatic carbocycles. The number of amides is 2. The van der Waals surface area contributed by atoms with Crippen molar-refractivity contribution >= 4 is 17.7 Å². The number of ether oxygens (including phenoxy) is 1. The van der Waals surface area contributed by atoms with E-state index in [-0.39, 0.29) is 6.03 Å². The van der Waals surface area contributed by atoms with Crippen LogP contribution in [0.3, 0.4) is 0 Å². The topological polar surface area (TPSA) is 87.6 Å². The first-order valence-electron chi connectivity index (χ1n) is 10.3. The molecule has 0 radical (unpaired) electrons. The number of rotatable bonds is 7. The fourth-order valence-corrected chi connectivity index (χ4v) is 3.48. The summed E-state index contributed by atoms with van der Waals surface area (Å²) in [5.41, 5.74) is 5.71. The minimum Gasteiger partial charge on any atom is -0.467 e. The number of carbonyl (C=O) groups is 2. The summed E-state index contributed by atoms with van der Waals surface area (Å²) >= 11 is 0. The van der Waals surface area contributed by atoms with E-state index in [0.29, 0.717) is 31.2 Å². The number of hydrogen-bond donors (Lipinski definition) is 2. The third kappa shape index (κ3) is 5.17. The van der Waals surface area contributed by atoms with Gasteiger partial charge in [-0.25, -0.2) is 9.59 Å². The van der Waals surface area contributed by atoms with Gasteiger partial charge in [0.2, 0.25) is 0 Å². The van der Waals surface area contributed by atoms with Crippen LogP contribution in [0, 0.1) is 27.7 Å². The second-order valence-corrected chi connectivity index (χ2v) is 7.63. The van der Waals surface area contributed by atoms with Gasteiger partial charge in [0.1, 0.15) is 11.5 Å². The quantitative estimate of drug-likeness (QED) is 0.508. The Morgan fingerprint density at radius 1 is 1.13 bits per heavy atom. The fraction of sp³-hybridized carbons (Fsp3) is 0.333. The van der Waals surface area contributed by atoms with Gasteiger partial charge in [-0.1, -0.05) is 12.1 Å². The molecule has 2 heterocycles. The van der Waals surface area contributed by atoms with Crippen molar-refractivity contribution in [3.63, 3.8) is 0 Å². The molecule has 0 saturated heterocycles. The summed E-state index contributed by atoms with van der Waals surface area (Å²) in [6.45, 7) is 10.4. The highest BCUT2D eigenvalue weighted by Gasteiger charge is 2.23. The van der Waals surface area contributed by atoms with Gasteiger partial charge in [0.05, 0.1) is 19.4 Å². The van der Waals surface area contributed by atoms with Crippen LogP contribution < -0.4 is 5.32 Å². The number of aromatic nitrogens is 1. The van der Waals surface area contributed by atoms with Crippen molar-refractivity contribution in [2.45, 2.75) is 47.7 Å². The number of urea groups is 1. The first-order chi connectivity index (χ1) is 14.8. The number of nitrogens with zero attached hydrogens (tertiary/aromatic N) is 1. The first-order valence-corrected chi connectivity index (χ1v) is 10.3. The van der Waals surface area contributed by atoms with E-state index in [0.717, 1.165) is 33.6 Å². The summed E-state index contributed by atoms with van der Waals surface area (Å²) in [5.74, 6) is 0.277. The van der Waals surface area contributed by atoms with Crippen LogP contribution in [-0.4, -0.2) is 28.5 Å². The second kappa shape index (κ2) is 9.55. The number of carbonyl (C=O) groups excluding carboxylic acids is 2. The summed E-state index contributed by atoms with van der Waals surface area (Å²) in [6.07, 6.45) is 1.59. The standard InChI is InChI=1S/C24H29N3O4/c1-6-30-23(28)22-17(4)20(18(5)25-22)14-27(13-19-8-7-11-31-19)24(29)26-21-12-15(2)9-10-16(21)3/h7-12,25H,6,13-14H2,1-5H3,(H,26,29). The van der Waals surface area contributed by atoms with Gasteiger partial charge < -0.3 is 24.4 Å². The number of aryl methyl sites for hydroxylation is 3. The molecule has 0 atom stereocenters. The van der Waals surface area contributed by atoms with E-state index in [4.69, 9.17) is 9.15 Å². The molecule has 0 unspecified atom stereocenters. The van der Waals surface area contributed by atoms with E-state index < -0.39 is 5.97 Å². The minimum atomic E-state index is -0.397. The number of anilines is 1. The van der Waals surface area contributed by atoms with Gasteiger partial charge >= 0.3 is 12.0 Å². The smallest absolute Gasteiger partial charge is 0.355 e. The number of aromatic amines is 1. The van der Waals surface area contributed by atoms with Crippen LogP contribution in [0.5, 0.6) is 0 Å². The molecule has 0 bridgehead atoms. The van der Waals surface area contributed by atoms with Crippen LogP contribution in [0.2, 0.25) is 0 Å². The van der Waals surface area contributed by atoms with Crippen molar-refractivity contribution in [1.82, 2.24) is 9.88 Å². The predicted molar refractivity (Wildman–Crippen MR) is 119 cm³/mol. The molecule has 1 aromatic carbocycles. The summed E-state index contributed by atoms with van der Waals surface area (Å²) in [4.78, 5) is 30.3. The molecular weight excluding hydrogens is 394 g/mol. The van der Waals surface area contributed by atoms with Crippen molar-refractivity contribution in [3.8, 4) is 0 Å². The number of furan rings is 1. The zero-order valence-electron chi connectivity index (χ0n) is 18.7. The molecule has 3 aromatic rings. The zero-order chi connectivity index (χ0) is 22.5. The molecule has 0 fully saturated rings. The number of esters is 1. The molecule has 0 aliphatic rings. The van der Waals surface area contributed by atoms with E-state index in [1.54, 1.807) is 24.2 Å². The number of H-pyrrole nitrogens is 1. The van der Waals surface area contributed by atoms with Crippen LogP contribution in [-0.2, 0) is 17.8 Å². The molecule has 3 rings (SSSR count). The number of nitrogens with one attached hydrogen (secondary N) is 2. The van der Waals surface area contributed by atoms with Gasteiger partial charge in [0.15, 0.2) is 0 Å². The largest absolute Gasteiger partial charge is 0.467 e. The Bertz CT molecular complexity index is 1070. The molecule has 31 heavy (non-hydrogen) atoms. The highest BCUT2D eigenvalue weighted by Crippen LogP contribution is 2.23. The Morgan fingerprint density at radius 3 is 2.58 bits per heavy atom. The second-order valence-electron chi connectivity index (χ2n) is 7.63. The predicted octanol–water partition coefficient (Wildman–Crippen LogP) is 5.25. The third-order valence-corrected chi connectivity index (χ3v) is 5.27. The molecule has 0 aliphatic heterocycles. The molecule has 0 saturated carbocycles. The molecule has 2 N–H and O–H groups in total. The fourth-order valence-electron chi connectivity index (χ4n) is 3.48. The zero-order valence-corrected chi connectivity index (χ0v) is 18.7. The van der Waals surface area contributed by atoms with Gasteiger partial charge in [-0.2, -0.15) is 0 Å². The van der Waals surface area contributed by atoms with E-state index >= 15 is 0 Å². The van der Waals surface area contributed by atoms with Crippen LogP contribution in [0.15, 0.2) is 41.0 Å². The first kappa shape index (κ1) is 22.2. The Labute approximate surface area is 182 Å². The van der Waals surface area contributed by atoms with E-state index in [1.165, 1.54) is 0 Å². The lowest BCUT2D eigenvalue weighted by Crippen LogP contribution is -2.34. The van der Waals surface area contributed by atoms with E-state index in [2.05, 4.69) is 10.3 Å².